The number of amidine groups is 1. The first-order chi connectivity index (χ1) is 10.5. The van der Waals surface area contributed by atoms with Crippen LogP contribution in [0.1, 0.15) is 27.5 Å². The van der Waals surface area contributed by atoms with Crippen molar-refractivity contribution in [3.8, 4) is 0 Å². The number of carbonyl (C=O) groups excluding carboxylic acids is 1. The van der Waals surface area contributed by atoms with E-state index in [1.54, 1.807) is 16.8 Å². The summed E-state index contributed by atoms with van der Waals surface area (Å²) in [5, 5.41) is 13.8. The van der Waals surface area contributed by atoms with E-state index in [0.29, 0.717) is 12.2 Å². The van der Waals surface area contributed by atoms with Gasteiger partial charge in [0.2, 0.25) is 0 Å². The predicted molar refractivity (Wildman–Crippen MR) is 84.7 cm³/mol. The van der Waals surface area contributed by atoms with Crippen LogP contribution in [0, 0.1) is 19.3 Å². The van der Waals surface area contributed by atoms with Crippen molar-refractivity contribution in [3.63, 3.8) is 0 Å². The summed E-state index contributed by atoms with van der Waals surface area (Å²) >= 11 is 0. The zero-order valence-corrected chi connectivity index (χ0v) is 13.0. The minimum atomic E-state index is 0.0243. The maximum atomic E-state index is 10.1. The molecular formula is C15H21N5O2. The second-order valence-corrected chi connectivity index (χ2v) is 4.63. The van der Waals surface area contributed by atoms with E-state index in [9.17, 15) is 4.79 Å². The number of carbonyl (C=O) groups is 1. The van der Waals surface area contributed by atoms with Gasteiger partial charge in [-0.05, 0) is 32.1 Å². The van der Waals surface area contributed by atoms with E-state index in [1.807, 2.05) is 33.2 Å². The highest BCUT2D eigenvalue weighted by molar-refractivity contribution is 5.88. The molecule has 2 heterocycles. The molecule has 0 spiro atoms. The van der Waals surface area contributed by atoms with E-state index < -0.39 is 0 Å². The second kappa shape index (κ2) is 8.46. The van der Waals surface area contributed by atoms with Crippen molar-refractivity contribution in [1.82, 2.24) is 15.0 Å². The van der Waals surface area contributed by atoms with Gasteiger partial charge in [-0.2, -0.15) is 0 Å². The van der Waals surface area contributed by atoms with Crippen molar-refractivity contribution in [1.29, 1.82) is 5.41 Å². The van der Waals surface area contributed by atoms with E-state index in [0.717, 1.165) is 23.3 Å². The summed E-state index contributed by atoms with van der Waals surface area (Å²) in [6, 6.07) is 3.61. The lowest BCUT2D eigenvalue weighted by molar-refractivity contribution is 0.111. The predicted octanol–water partition coefficient (Wildman–Crippen LogP) is 1.67. The molecule has 0 radical (unpaired) electrons. The van der Waals surface area contributed by atoms with Crippen molar-refractivity contribution in [2.24, 2.45) is 12.8 Å². The Hall–Kier alpha value is -2.83. The molecule has 0 atom stereocenters. The molecule has 2 aromatic heterocycles. The van der Waals surface area contributed by atoms with Gasteiger partial charge in [-0.1, -0.05) is 5.16 Å². The van der Waals surface area contributed by atoms with E-state index >= 15 is 0 Å². The van der Waals surface area contributed by atoms with Gasteiger partial charge in [0.25, 0.3) is 0 Å². The zero-order chi connectivity index (χ0) is 16.5. The van der Waals surface area contributed by atoms with Crippen LogP contribution in [-0.4, -0.2) is 21.8 Å². The van der Waals surface area contributed by atoms with E-state index in [-0.39, 0.29) is 5.84 Å². The monoisotopic (exact) mass is 303 g/mol. The van der Waals surface area contributed by atoms with Crippen LogP contribution in [0.2, 0.25) is 0 Å². The van der Waals surface area contributed by atoms with Gasteiger partial charge in [-0.15, -0.1) is 0 Å². The van der Waals surface area contributed by atoms with Gasteiger partial charge in [0.05, 0.1) is 11.4 Å². The molecule has 2 aromatic rings. The van der Waals surface area contributed by atoms with Gasteiger partial charge < -0.3 is 20.1 Å². The smallest absolute Gasteiger partial charge is 0.166 e. The van der Waals surface area contributed by atoms with Crippen molar-refractivity contribution in [3.05, 3.63) is 53.3 Å². The van der Waals surface area contributed by atoms with Crippen molar-refractivity contribution >= 4 is 12.1 Å². The SMILES string of the molecule is Cc1noc(C)c1CN/C=C\C(=N)N.Cn1cccc1C=O. The third-order valence-electron chi connectivity index (χ3n) is 2.95. The molecule has 0 saturated heterocycles. The van der Waals surface area contributed by atoms with Gasteiger partial charge >= 0.3 is 0 Å². The number of nitrogens with one attached hydrogen (secondary N) is 2. The second-order valence-electron chi connectivity index (χ2n) is 4.63. The van der Waals surface area contributed by atoms with Crippen molar-refractivity contribution in [2.75, 3.05) is 0 Å². The van der Waals surface area contributed by atoms with Crippen LogP contribution in [-0.2, 0) is 13.6 Å². The average Bonchev–Trinajstić information content (AvgIpc) is 3.02. The van der Waals surface area contributed by atoms with Crippen LogP contribution < -0.4 is 11.1 Å². The van der Waals surface area contributed by atoms with Crippen LogP contribution in [0.5, 0.6) is 0 Å². The minimum absolute atomic E-state index is 0.0243. The Morgan fingerprint density at radius 3 is 2.68 bits per heavy atom. The molecule has 7 heteroatoms. The molecule has 22 heavy (non-hydrogen) atoms. The van der Waals surface area contributed by atoms with Crippen LogP contribution in [0.15, 0.2) is 35.1 Å². The summed E-state index contributed by atoms with van der Waals surface area (Å²) < 4.78 is 6.76. The Bertz CT molecular complexity index is 635. The van der Waals surface area contributed by atoms with Crippen LogP contribution in [0.4, 0.5) is 0 Å². The molecule has 0 aliphatic heterocycles. The molecule has 0 unspecified atom stereocenters. The highest BCUT2D eigenvalue weighted by Crippen LogP contribution is 2.11. The highest BCUT2D eigenvalue weighted by atomic mass is 16.5. The Morgan fingerprint density at radius 2 is 2.27 bits per heavy atom. The molecular weight excluding hydrogens is 282 g/mol. The topological polar surface area (TPSA) is 110 Å². The number of nitrogens with two attached hydrogens (primary N) is 1. The molecule has 7 nitrogen and oxygen atoms in total. The summed E-state index contributed by atoms with van der Waals surface area (Å²) in [4.78, 5) is 10.1. The fourth-order valence-corrected chi connectivity index (χ4v) is 1.66. The summed E-state index contributed by atoms with van der Waals surface area (Å²) in [7, 11) is 1.84. The van der Waals surface area contributed by atoms with Gasteiger partial charge in [0.15, 0.2) is 6.29 Å². The molecule has 0 bridgehead atoms. The quantitative estimate of drug-likeness (QED) is 0.442. The molecule has 0 aromatic carbocycles. The van der Waals surface area contributed by atoms with Gasteiger partial charge in [0, 0.05) is 31.6 Å². The number of hydrogen-bond acceptors (Lipinski definition) is 5. The summed E-state index contributed by atoms with van der Waals surface area (Å²) in [6.07, 6.45) is 5.79. The first-order valence-corrected chi connectivity index (χ1v) is 6.68. The lowest BCUT2D eigenvalue weighted by Gasteiger charge is -1.98. The molecule has 0 amide bonds. The van der Waals surface area contributed by atoms with Crippen LogP contribution in [0.3, 0.4) is 0 Å². The van der Waals surface area contributed by atoms with Crippen molar-refractivity contribution < 1.29 is 9.32 Å². The largest absolute Gasteiger partial charge is 0.387 e. The highest BCUT2D eigenvalue weighted by Gasteiger charge is 2.06. The summed E-state index contributed by atoms with van der Waals surface area (Å²) in [6.45, 7) is 4.39. The standard InChI is InChI=1S/C9H14N4O.C6H7NO/c1-6-8(7(2)14-13-6)5-12-4-3-9(10)11;1-7-4-2-3-6(7)5-8/h3-4,12H,5H2,1-2H3,(H3,10,11);2-5H,1H3/b4-3-;. The fraction of sp³-hybridized carbons (Fsp3) is 0.267. The Labute approximate surface area is 129 Å². The Morgan fingerprint density at radius 1 is 1.55 bits per heavy atom. The van der Waals surface area contributed by atoms with Gasteiger partial charge in [-0.25, -0.2) is 0 Å². The number of aldehydes is 1. The molecule has 4 N–H and O–H groups in total. The van der Waals surface area contributed by atoms with Gasteiger partial charge in [-0.3, -0.25) is 10.2 Å². The Kier molecular flexibility index (Phi) is 6.62. The third kappa shape index (κ3) is 5.28. The fourth-order valence-electron chi connectivity index (χ4n) is 1.66. The third-order valence-corrected chi connectivity index (χ3v) is 2.95. The number of aryl methyl sites for hydroxylation is 3. The molecule has 118 valence electrons. The molecule has 0 aliphatic rings. The molecule has 0 aliphatic carbocycles. The number of aromatic nitrogens is 2. The normalized spacial score (nSPS) is 10.1. The van der Waals surface area contributed by atoms with E-state index in [2.05, 4.69) is 10.5 Å². The molecule has 0 saturated carbocycles. The first-order valence-electron chi connectivity index (χ1n) is 6.68. The van der Waals surface area contributed by atoms with Crippen molar-refractivity contribution in [2.45, 2.75) is 20.4 Å². The summed E-state index contributed by atoms with van der Waals surface area (Å²) in [5.74, 6) is 0.836. The lowest BCUT2D eigenvalue weighted by atomic mass is 10.2. The van der Waals surface area contributed by atoms with E-state index in [1.165, 1.54) is 6.08 Å². The maximum absolute atomic E-state index is 10.1. The van der Waals surface area contributed by atoms with Gasteiger partial charge in [0.1, 0.15) is 11.6 Å². The number of rotatable bonds is 5. The first kappa shape index (κ1) is 17.2. The number of nitrogens with zero attached hydrogens (tertiary/aromatic N) is 2. The summed E-state index contributed by atoms with van der Waals surface area (Å²) in [5.41, 5.74) is 7.77. The van der Waals surface area contributed by atoms with Crippen LogP contribution >= 0.6 is 0 Å². The average molecular weight is 303 g/mol. The molecule has 2 rings (SSSR count). The zero-order valence-electron chi connectivity index (χ0n) is 13.0. The van der Waals surface area contributed by atoms with Crippen LogP contribution in [0.25, 0.3) is 0 Å². The molecule has 0 fully saturated rings. The number of hydrogen-bond donors (Lipinski definition) is 3. The lowest BCUT2D eigenvalue weighted by Crippen LogP contribution is -2.10. The Balaban J connectivity index is 0.000000255. The maximum Gasteiger partial charge on any atom is 0.166 e. The minimum Gasteiger partial charge on any atom is -0.387 e. The van der Waals surface area contributed by atoms with E-state index in [4.69, 9.17) is 15.7 Å².